The van der Waals surface area contributed by atoms with E-state index in [1.807, 2.05) is 0 Å². The third-order valence-electron chi connectivity index (χ3n) is 0.797. The van der Waals surface area contributed by atoms with E-state index in [1.165, 1.54) is 0 Å². The van der Waals surface area contributed by atoms with Crippen LogP contribution < -0.4 is 0 Å². The minimum Gasteiger partial charge on any atom is -0.358 e. The van der Waals surface area contributed by atoms with E-state index >= 15 is 0 Å². The largest absolute Gasteiger partial charge is 0.358 e. The maximum Gasteiger partial charge on any atom is 0.166 e. The van der Waals surface area contributed by atoms with Gasteiger partial charge in [-0.15, -0.1) is 0 Å². The molecule has 0 bridgehead atoms. The molecule has 0 aliphatic rings. The number of hydrogen-bond donors (Lipinski definition) is 1. The lowest BCUT2D eigenvalue weighted by Gasteiger charge is -1.70. The lowest BCUT2D eigenvalue weighted by Crippen LogP contribution is -1.72. The Balaban J connectivity index is 3.00. The number of H-pyrrole nitrogens is 1. The molecule has 0 aromatic carbocycles. The van der Waals surface area contributed by atoms with Crippen molar-refractivity contribution in [3.63, 3.8) is 0 Å². The van der Waals surface area contributed by atoms with Crippen molar-refractivity contribution < 1.29 is 4.79 Å². The molecule has 0 unspecified atom stereocenters. The fourth-order valence-electron chi connectivity index (χ4n) is 0.452. The Bertz CT molecular complexity index is 194. The van der Waals surface area contributed by atoms with Gasteiger partial charge >= 0.3 is 0 Å². The van der Waals surface area contributed by atoms with Gasteiger partial charge in [-0.3, -0.25) is 4.79 Å². The molecule has 0 radical (unpaired) electrons. The summed E-state index contributed by atoms with van der Waals surface area (Å²) in [5, 5.41) is 0.562. The molecule has 2 nitrogen and oxygen atoms in total. The number of carbonyl (C=O) groups excluding carboxylic acids is 1. The molecule has 0 aliphatic carbocycles. The molecule has 0 spiro atoms. The Labute approximate surface area is 51.5 Å². The van der Waals surface area contributed by atoms with Crippen LogP contribution in [0.2, 0.25) is 5.02 Å². The van der Waals surface area contributed by atoms with Crippen LogP contribution in [0.25, 0.3) is 0 Å². The molecule has 1 heterocycles. The molecule has 42 valence electrons. The minimum atomic E-state index is 0.509. The monoisotopic (exact) mass is 129 g/mol. The van der Waals surface area contributed by atoms with E-state index in [0.717, 1.165) is 0 Å². The summed E-state index contributed by atoms with van der Waals surface area (Å²) in [6.45, 7) is 0. The number of rotatable bonds is 1. The predicted octanol–water partition coefficient (Wildman–Crippen LogP) is 1.48. The van der Waals surface area contributed by atoms with Crippen molar-refractivity contribution in [3.05, 3.63) is 23.0 Å². The number of carbonyl (C=O) groups is 1. The van der Waals surface area contributed by atoms with Gasteiger partial charge in [0, 0.05) is 6.20 Å². The summed E-state index contributed by atoms with van der Waals surface area (Å²) >= 11 is 5.45. The Morgan fingerprint density at radius 2 is 2.50 bits per heavy atom. The summed E-state index contributed by atoms with van der Waals surface area (Å²) in [5.74, 6) is 0. The summed E-state index contributed by atoms with van der Waals surface area (Å²) in [5.41, 5.74) is 0.509. The van der Waals surface area contributed by atoms with Gasteiger partial charge in [0.25, 0.3) is 0 Å². The van der Waals surface area contributed by atoms with Crippen molar-refractivity contribution >= 4 is 17.9 Å². The van der Waals surface area contributed by atoms with Crippen LogP contribution in [0.1, 0.15) is 10.5 Å². The normalized spacial score (nSPS) is 9.12. The van der Waals surface area contributed by atoms with E-state index in [0.29, 0.717) is 17.0 Å². The fraction of sp³-hybridized carbons (Fsp3) is 0. The number of hydrogen-bond acceptors (Lipinski definition) is 1. The molecule has 1 N–H and O–H groups in total. The van der Waals surface area contributed by atoms with Gasteiger partial charge in [0.1, 0.15) is 0 Å². The number of aromatic amines is 1. The van der Waals surface area contributed by atoms with Crippen molar-refractivity contribution in [1.82, 2.24) is 4.98 Å². The lowest BCUT2D eigenvalue weighted by atomic mass is 10.5. The Morgan fingerprint density at radius 3 is 2.75 bits per heavy atom. The fourth-order valence-corrected chi connectivity index (χ4v) is 0.624. The summed E-state index contributed by atoms with van der Waals surface area (Å²) in [6.07, 6.45) is 2.27. The number of aromatic nitrogens is 1. The van der Waals surface area contributed by atoms with Crippen LogP contribution in [0.5, 0.6) is 0 Å². The van der Waals surface area contributed by atoms with E-state index in [9.17, 15) is 4.79 Å². The first-order valence-electron chi connectivity index (χ1n) is 2.12. The van der Waals surface area contributed by atoms with Crippen molar-refractivity contribution in [2.24, 2.45) is 0 Å². The van der Waals surface area contributed by atoms with Crippen LogP contribution in [0.3, 0.4) is 0 Å². The second-order valence-corrected chi connectivity index (χ2v) is 1.83. The van der Waals surface area contributed by atoms with Crippen LogP contribution in [-0.4, -0.2) is 11.3 Å². The van der Waals surface area contributed by atoms with E-state index < -0.39 is 0 Å². The molecular formula is C5H4ClNO. The van der Waals surface area contributed by atoms with Gasteiger partial charge < -0.3 is 4.98 Å². The molecule has 8 heavy (non-hydrogen) atoms. The highest BCUT2D eigenvalue weighted by Crippen LogP contribution is 2.06. The first-order chi connectivity index (χ1) is 3.83. The van der Waals surface area contributed by atoms with Crippen molar-refractivity contribution in [2.45, 2.75) is 0 Å². The highest BCUT2D eigenvalue weighted by atomic mass is 35.5. The van der Waals surface area contributed by atoms with E-state index in [1.54, 1.807) is 12.3 Å². The maximum absolute atomic E-state index is 9.93. The molecule has 0 amide bonds. The smallest absolute Gasteiger partial charge is 0.166 e. The van der Waals surface area contributed by atoms with E-state index in [-0.39, 0.29) is 0 Å². The van der Waals surface area contributed by atoms with Gasteiger partial charge in [0.15, 0.2) is 6.29 Å². The third-order valence-corrected chi connectivity index (χ3v) is 1.02. The lowest BCUT2D eigenvalue weighted by molar-refractivity contribution is 0.111. The second kappa shape index (κ2) is 2.01. The molecule has 0 fully saturated rings. The van der Waals surface area contributed by atoms with Crippen molar-refractivity contribution in [2.75, 3.05) is 0 Å². The number of aldehydes is 1. The summed E-state index contributed by atoms with van der Waals surface area (Å²) in [4.78, 5) is 12.6. The molecular weight excluding hydrogens is 126 g/mol. The first-order valence-corrected chi connectivity index (χ1v) is 2.50. The van der Waals surface area contributed by atoms with Gasteiger partial charge in [-0.1, -0.05) is 11.6 Å². The zero-order valence-electron chi connectivity index (χ0n) is 4.02. The summed E-state index contributed by atoms with van der Waals surface area (Å²) in [6, 6.07) is 1.56. The Kier molecular flexibility index (Phi) is 1.35. The van der Waals surface area contributed by atoms with Gasteiger partial charge in [0.2, 0.25) is 0 Å². The van der Waals surface area contributed by atoms with Crippen LogP contribution in [0, 0.1) is 0 Å². The topological polar surface area (TPSA) is 32.9 Å². The SMILES string of the molecule is O=Cc1cc(Cl)c[nH]1. The molecule has 0 saturated carbocycles. The van der Waals surface area contributed by atoms with E-state index in [2.05, 4.69) is 4.98 Å². The summed E-state index contributed by atoms with van der Waals surface area (Å²) < 4.78 is 0. The quantitative estimate of drug-likeness (QED) is 0.573. The molecule has 1 rings (SSSR count). The van der Waals surface area contributed by atoms with Crippen molar-refractivity contribution in [1.29, 1.82) is 0 Å². The van der Waals surface area contributed by atoms with Crippen LogP contribution >= 0.6 is 11.6 Å². The molecule has 0 aliphatic heterocycles. The van der Waals surface area contributed by atoms with Gasteiger partial charge in [-0.05, 0) is 6.07 Å². The van der Waals surface area contributed by atoms with Gasteiger partial charge in [0.05, 0.1) is 10.7 Å². The zero-order valence-corrected chi connectivity index (χ0v) is 4.77. The van der Waals surface area contributed by atoms with Crippen LogP contribution in [0.4, 0.5) is 0 Å². The van der Waals surface area contributed by atoms with Crippen molar-refractivity contribution in [3.8, 4) is 0 Å². The van der Waals surface area contributed by atoms with Gasteiger partial charge in [-0.2, -0.15) is 0 Å². The number of nitrogens with one attached hydrogen (secondary N) is 1. The highest BCUT2D eigenvalue weighted by molar-refractivity contribution is 6.30. The molecule has 1 aromatic heterocycles. The second-order valence-electron chi connectivity index (χ2n) is 1.39. The number of halogens is 1. The van der Waals surface area contributed by atoms with Crippen LogP contribution in [0.15, 0.2) is 12.3 Å². The van der Waals surface area contributed by atoms with Gasteiger partial charge in [-0.25, -0.2) is 0 Å². The zero-order chi connectivity index (χ0) is 5.98. The molecule has 0 saturated heterocycles. The maximum atomic E-state index is 9.93. The minimum absolute atomic E-state index is 0.509. The average molecular weight is 130 g/mol. The Morgan fingerprint density at radius 1 is 1.75 bits per heavy atom. The Hall–Kier alpha value is -0.760. The predicted molar refractivity (Wildman–Crippen MR) is 31.2 cm³/mol. The summed E-state index contributed by atoms with van der Waals surface area (Å²) in [7, 11) is 0. The molecule has 0 atom stereocenters. The third kappa shape index (κ3) is 0.898. The van der Waals surface area contributed by atoms with Crippen LogP contribution in [-0.2, 0) is 0 Å². The standard InChI is InChI=1S/C5H4ClNO/c6-4-1-5(3-8)7-2-4/h1-3,7H. The van der Waals surface area contributed by atoms with E-state index in [4.69, 9.17) is 11.6 Å². The molecule has 3 heteroatoms. The average Bonchev–Trinajstić information content (AvgIpc) is 2.14. The molecule has 1 aromatic rings. The first kappa shape index (κ1) is 5.38. The highest BCUT2D eigenvalue weighted by Gasteiger charge is 1.90.